The molecular formula is C13H14F2N2O2. The van der Waals surface area contributed by atoms with Gasteiger partial charge in [0.15, 0.2) is 0 Å². The topological polar surface area (TPSA) is 49.4 Å². The van der Waals surface area contributed by atoms with Crippen LogP contribution in [0.3, 0.4) is 0 Å². The van der Waals surface area contributed by atoms with E-state index in [1.807, 2.05) is 0 Å². The zero-order chi connectivity index (χ0) is 14.2. The number of amides is 2. The van der Waals surface area contributed by atoms with Crippen LogP contribution in [0.2, 0.25) is 0 Å². The highest BCUT2D eigenvalue weighted by Gasteiger charge is 2.38. The predicted octanol–water partition coefficient (Wildman–Crippen LogP) is 1.45. The van der Waals surface area contributed by atoms with Gasteiger partial charge in [0.05, 0.1) is 12.2 Å². The molecule has 1 aromatic carbocycles. The van der Waals surface area contributed by atoms with Crippen molar-refractivity contribution in [3.63, 3.8) is 0 Å². The molecule has 0 saturated carbocycles. The fourth-order valence-corrected chi connectivity index (χ4v) is 2.19. The fraction of sp³-hybridized carbons (Fsp3) is 0.385. The molecule has 1 atom stereocenters. The number of rotatable bonds is 2. The van der Waals surface area contributed by atoms with Gasteiger partial charge in [0.1, 0.15) is 17.7 Å². The van der Waals surface area contributed by atoms with Crippen LogP contribution in [0.15, 0.2) is 18.2 Å². The third-order valence-corrected chi connectivity index (χ3v) is 3.03. The number of carbonyl (C=O) groups is 2. The van der Waals surface area contributed by atoms with Crippen LogP contribution in [-0.4, -0.2) is 24.4 Å². The van der Waals surface area contributed by atoms with Crippen molar-refractivity contribution < 1.29 is 18.4 Å². The normalized spacial score (nSPS) is 19.8. The van der Waals surface area contributed by atoms with Crippen molar-refractivity contribution in [1.82, 2.24) is 5.32 Å². The Kier molecular flexibility index (Phi) is 3.50. The second kappa shape index (κ2) is 4.95. The van der Waals surface area contributed by atoms with Crippen LogP contribution in [-0.2, 0) is 9.59 Å². The summed E-state index contributed by atoms with van der Waals surface area (Å²) in [4.78, 5) is 24.9. The van der Waals surface area contributed by atoms with Gasteiger partial charge in [-0.3, -0.25) is 14.5 Å². The minimum Gasteiger partial charge on any atom is -0.345 e. The Labute approximate surface area is 109 Å². The molecule has 1 unspecified atom stereocenters. The largest absolute Gasteiger partial charge is 0.345 e. The summed E-state index contributed by atoms with van der Waals surface area (Å²) in [5.74, 6) is -2.51. The number of benzene rings is 1. The highest BCUT2D eigenvalue weighted by atomic mass is 19.1. The third-order valence-electron chi connectivity index (χ3n) is 3.03. The van der Waals surface area contributed by atoms with Crippen LogP contribution in [0.25, 0.3) is 0 Å². The molecule has 19 heavy (non-hydrogen) atoms. The lowest BCUT2D eigenvalue weighted by molar-refractivity contribution is -0.131. The maximum absolute atomic E-state index is 13.8. The first-order valence-corrected chi connectivity index (χ1v) is 5.96. The number of nitrogens with one attached hydrogen (secondary N) is 1. The van der Waals surface area contributed by atoms with Gasteiger partial charge in [-0.25, -0.2) is 8.78 Å². The molecule has 4 nitrogen and oxygen atoms in total. The Morgan fingerprint density at radius 2 is 2.00 bits per heavy atom. The minimum atomic E-state index is -0.853. The van der Waals surface area contributed by atoms with Crippen molar-refractivity contribution in [3.8, 4) is 0 Å². The molecule has 1 aromatic rings. The Hall–Kier alpha value is -1.98. The van der Waals surface area contributed by atoms with Crippen LogP contribution in [0.1, 0.15) is 13.8 Å². The van der Waals surface area contributed by atoms with Gasteiger partial charge in [-0.15, -0.1) is 0 Å². The van der Waals surface area contributed by atoms with E-state index in [2.05, 4.69) is 5.32 Å². The molecule has 1 saturated heterocycles. The summed E-state index contributed by atoms with van der Waals surface area (Å²) in [5, 5.41) is 2.47. The Bertz CT molecular complexity index is 531. The van der Waals surface area contributed by atoms with E-state index in [0.717, 1.165) is 11.0 Å². The average molecular weight is 268 g/mol. The van der Waals surface area contributed by atoms with E-state index in [0.29, 0.717) is 6.07 Å². The number of anilines is 1. The second-order valence-electron chi connectivity index (χ2n) is 4.77. The highest BCUT2D eigenvalue weighted by molar-refractivity contribution is 6.06. The summed E-state index contributed by atoms with van der Waals surface area (Å²) >= 11 is 0. The van der Waals surface area contributed by atoms with Gasteiger partial charge in [0.2, 0.25) is 11.8 Å². The lowest BCUT2D eigenvalue weighted by Gasteiger charge is -2.37. The molecule has 0 spiro atoms. The van der Waals surface area contributed by atoms with Crippen LogP contribution in [0.5, 0.6) is 0 Å². The van der Waals surface area contributed by atoms with Gasteiger partial charge >= 0.3 is 0 Å². The standard InChI is InChI=1S/C13H14F2N2O2/c1-7(2)12-13(19)16-6-11(18)17(12)10-4-3-8(14)5-9(10)15/h3-5,7,12H,6H2,1-2H3,(H,16,19). The smallest absolute Gasteiger partial charge is 0.247 e. The molecule has 1 N–H and O–H groups in total. The Morgan fingerprint density at radius 1 is 1.32 bits per heavy atom. The maximum atomic E-state index is 13.8. The van der Waals surface area contributed by atoms with Crippen LogP contribution in [0, 0.1) is 17.6 Å². The number of carbonyl (C=O) groups excluding carboxylic acids is 2. The van der Waals surface area contributed by atoms with E-state index in [4.69, 9.17) is 0 Å². The van der Waals surface area contributed by atoms with E-state index >= 15 is 0 Å². The summed E-state index contributed by atoms with van der Waals surface area (Å²) in [6.45, 7) is 3.34. The molecule has 1 aliphatic heterocycles. The zero-order valence-corrected chi connectivity index (χ0v) is 10.6. The van der Waals surface area contributed by atoms with Crippen molar-refractivity contribution >= 4 is 17.5 Å². The quantitative estimate of drug-likeness (QED) is 0.882. The molecule has 2 rings (SSSR count). The molecule has 0 aromatic heterocycles. The number of halogens is 2. The van der Waals surface area contributed by atoms with Gasteiger partial charge in [-0.1, -0.05) is 13.8 Å². The lowest BCUT2D eigenvalue weighted by Crippen LogP contribution is -2.60. The Balaban J connectivity index is 2.48. The first kappa shape index (κ1) is 13.5. The van der Waals surface area contributed by atoms with Crippen molar-refractivity contribution in [2.75, 3.05) is 11.4 Å². The predicted molar refractivity (Wildman–Crippen MR) is 65.5 cm³/mol. The van der Waals surface area contributed by atoms with Gasteiger partial charge in [0.25, 0.3) is 0 Å². The average Bonchev–Trinajstić information content (AvgIpc) is 2.32. The van der Waals surface area contributed by atoms with E-state index in [1.165, 1.54) is 6.07 Å². The SMILES string of the molecule is CC(C)C1C(=O)NCC(=O)N1c1ccc(F)cc1F. The maximum Gasteiger partial charge on any atom is 0.247 e. The summed E-state index contributed by atoms with van der Waals surface area (Å²) in [6, 6.07) is 2.15. The molecule has 2 amide bonds. The molecule has 0 radical (unpaired) electrons. The van der Waals surface area contributed by atoms with Crippen LogP contribution >= 0.6 is 0 Å². The van der Waals surface area contributed by atoms with Crippen molar-refractivity contribution in [2.24, 2.45) is 5.92 Å². The molecule has 0 bridgehead atoms. The van der Waals surface area contributed by atoms with Crippen LogP contribution < -0.4 is 10.2 Å². The van der Waals surface area contributed by atoms with Crippen molar-refractivity contribution in [3.05, 3.63) is 29.8 Å². The van der Waals surface area contributed by atoms with E-state index in [-0.39, 0.29) is 24.1 Å². The van der Waals surface area contributed by atoms with E-state index < -0.39 is 23.6 Å². The highest BCUT2D eigenvalue weighted by Crippen LogP contribution is 2.26. The Morgan fingerprint density at radius 3 is 2.58 bits per heavy atom. The molecule has 0 aliphatic carbocycles. The summed E-state index contributed by atoms with van der Waals surface area (Å²) < 4.78 is 26.7. The van der Waals surface area contributed by atoms with Gasteiger partial charge < -0.3 is 5.32 Å². The monoisotopic (exact) mass is 268 g/mol. The molecule has 1 heterocycles. The summed E-state index contributed by atoms with van der Waals surface area (Å²) in [6.07, 6.45) is 0. The summed E-state index contributed by atoms with van der Waals surface area (Å²) in [7, 11) is 0. The molecule has 102 valence electrons. The van der Waals surface area contributed by atoms with Crippen LogP contribution in [0.4, 0.5) is 14.5 Å². The third kappa shape index (κ3) is 2.43. The number of hydrogen-bond donors (Lipinski definition) is 1. The van der Waals surface area contributed by atoms with Crippen molar-refractivity contribution in [1.29, 1.82) is 0 Å². The lowest BCUT2D eigenvalue weighted by atomic mass is 9.98. The summed E-state index contributed by atoms with van der Waals surface area (Å²) in [5.41, 5.74) is -0.0695. The minimum absolute atomic E-state index is 0.0695. The number of nitrogens with zero attached hydrogens (tertiary/aromatic N) is 1. The number of hydrogen-bond acceptors (Lipinski definition) is 2. The first-order valence-electron chi connectivity index (χ1n) is 5.96. The van der Waals surface area contributed by atoms with Gasteiger partial charge in [0, 0.05) is 6.07 Å². The number of piperazine rings is 1. The molecule has 6 heteroatoms. The van der Waals surface area contributed by atoms with Crippen molar-refractivity contribution in [2.45, 2.75) is 19.9 Å². The fourth-order valence-electron chi connectivity index (χ4n) is 2.19. The zero-order valence-electron chi connectivity index (χ0n) is 10.6. The molecule has 1 fully saturated rings. The van der Waals surface area contributed by atoms with E-state index in [9.17, 15) is 18.4 Å². The first-order chi connectivity index (χ1) is 8.91. The van der Waals surface area contributed by atoms with Gasteiger partial charge in [-0.2, -0.15) is 0 Å². The second-order valence-corrected chi connectivity index (χ2v) is 4.77. The molecule has 1 aliphatic rings. The molecular weight excluding hydrogens is 254 g/mol. The van der Waals surface area contributed by atoms with E-state index in [1.54, 1.807) is 13.8 Å². The van der Waals surface area contributed by atoms with Gasteiger partial charge in [-0.05, 0) is 18.1 Å².